The van der Waals surface area contributed by atoms with E-state index in [-0.39, 0.29) is 12.0 Å². The minimum atomic E-state index is -0.721. The van der Waals surface area contributed by atoms with E-state index in [1.165, 1.54) is 0 Å². The van der Waals surface area contributed by atoms with E-state index in [4.69, 9.17) is 16.6 Å². The lowest BCUT2D eigenvalue weighted by molar-refractivity contribution is -0.143. The summed E-state index contributed by atoms with van der Waals surface area (Å²) in [5.74, 6) is -1.05. The van der Waals surface area contributed by atoms with Gasteiger partial charge in [0.2, 0.25) is 0 Å². The molecule has 1 aromatic heterocycles. The molecule has 126 valence electrons. The molecule has 2 aromatic rings. The van der Waals surface area contributed by atoms with Gasteiger partial charge in [-0.25, -0.2) is 0 Å². The first kappa shape index (κ1) is 16.9. The van der Waals surface area contributed by atoms with E-state index in [0.717, 1.165) is 36.3 Å². The molecule has 2 heterocycles. The number of carboxylic acids is 1. The molecule has 2 atom stereocenters. The van der Waals surface area contributed by atoms with Crippen molar-refractivity contribution in [1.29, 1.82) is 0 Å². The van der Waals surface area contributed by atoms with Crippen molar-refractivity contribution in [3.8, 4) is 0 Å². The van der Waals surface area contributed by atoms with Crippen LogP contribution in [0.25, 0.3) is 0 Å². The van der Waals surface area contributed by atoms with Crippen LogP contribution in [-0.4, -0.2) is 34.0 Å². The summed E-state index contributed by atoms with van der Waals surface area (Å²) in [4.78, 5) is 18.4. The third kappa shape index (κ3) is 3.77. The Morgan fingerprint density at radius 3 is 2.83 bits per heavy atom. The fourth-order valence-electron chi connectivity index (χ4n) is 3.40. The van der Waals surface area contributed by atoms with Crippen LogP contribution in [0.3, 0.4) is 0 Å². The molecule has 0 aliphatic carbocycles. The van der Waals surface area contributed by atoms with Gasteiger partial charge in [-0.05, 0) is 56.1 Å². The van der Waals surface area contributed by atoms with Gasteiger partial charge in [0.05, 0.1) is 17.7 Å². The lowest BCUT2D eigenvalue weighted by Crippen LogP contribution is -2.41. The lowest BCUT2D eigenvalue weighted by Gasteiger charge is -2.37. The zero-order valence-corrected chi connectivity index (χ0v) is 14.4. The Morgan fingerprint density at radius 2 is 2.12 bits per heavy atom. The second-order valence-corrected chi connectivity index (χ2v) is 6.77. The van der Waals surface area contributed by atoms with Crippen LogP contribution >= 0.6 is 11.6 Å². The highest BCUT2D eigenvalue weighted by molar-refractivity contribution is 6.30. The average molecular weight is 345 g/mol. The van der Waals surface area contributed by atoms with Gasteiger partial charge in [0, 0.05) is 17.3 Å². The summed E-state index contributed by atoms with van der Waals surface area (Å²) in [5, 5.41) is 10.1. The predicted molar refractivity (Wildman–Crippen MR) is 94.2 cm³/mol. The van der Waals surface area contributed by atoms with Crippen LogP contribution in [0, 0.1) is 12.8 Å². The quantitative estimate of drug-likeness (QED) is 0.913. The predicted octanol–water partition coefficient (Wildman–Crippen LogP) is 3.93. The van der Waals surface area contributed by atoms with Crippen molar-refractivity contribution in [2.45, 2.75) is 25.8 Å². The van der Waals surface area contributed by atoms with Crippen LogP contribution < -0.4 is 0 Å². The smallest absolute Gasteiger partial charge is 0.307 e. The maximum atomic E-state index is 11.4. The van der Waals surface area contributed by atoms with Crippen LogP contribution in [0.5, 0.6) is 0 Å². The number of carboxylic acid groups (broad SMARTS) is 1. The molecule has 0 saturated carbocycles. The van der Waals surface area contributed by atoms with Gasteiger partial charge in [-0.3, -0.25) is 14.7 Å². The van der Waals surface area contributed by atoms with Crippen LogP contribution in [0.4, 0.5) is 0 Å². The van der Waals surface area contributed by atoms with Crippen LogP contribution in [0.1, 0.15) is 35.8 Å². The Hall–Kier alpha value is -1.91. The van der Waals surface area contributed by atoms with E-state index in [2.05, 4.69) is 4.90 Å². The highest BCUT2D eigenvalue weighted by Gasteiger charge is 2.32. The fraction of sp³-hybridized carbons (Fsp3) is 0.368. The summed E-state index contributed by atoms with van der Waals surface area (Å²) in [6, 6.07) is 13.6. The van der Waals surface area contributed by atoms with Crippen molar-refractivity contribution in [2.24, 2.45) is 5.92 Å². The van der Waals surface area contributed by atoms with Crippen molar-refractivity contribution >= 4 is 17.6 Å². The number of aliphatic carboxylic acids is 1. The van der Waals surface area contributed by atoms with E-state index in [9.17, 15) is 9.90 Å². The number of nitrogens with zero attached hydrogens (tertiary/aromatic N) is 2. The van der Waals surface area contributed by atoms with Crippen molar-refractivity contribution in [2.75, 3.05) is 13.1 Å². The highest BCUT2D eigenvalue weighted by Crippen LogP contribution is 2.32. The monoisotopic (exact) mass is 344 g/mol. The Morgan fingerprint density at radius 1 is 1.33 bits per heavy atom. The van der Waals surface area contributed by atoms with Gasteiger partial charge in [-0.1, -0.05) is 29.8 Å². The summed E-state index contributed by atoms with van der Waals surface area (Å²) < 4.78 is 0. The molecule has 0 bridgehead atoms. The molecular weight excluding hydrogens is 324 g/mol. The molecule has 4 nitrogen and oxygen atoms in total. The third-order valence-electron chi connectivity index (χ3n) is 4.52. The van der Waals surface area contributed by atoms with Crippen molar-refractivity contribution in [3.63, 3.8) is 0 Å². The summed E-state index contributed by atoms with van der Waals surface area (Å²) in [6.07, 6.45) is 1.61. The lowest BCUT2D eigenvalue weighted by atomic mass is 9.93. The van der Waals surface area contributed by atoms with Gasteiger partial charge in [0.25, 0.3) is 0 Å². The number of hydrogen-bond donors (Lipinski definition) is 1. The number of aryl methyl sites for hydroxylation is 1. The van der Waals surface area contributed by atoms with Crippen molar-refractivity contribution in [3.05, 3.63) is 64.4 Å². The number of rotatable bonds is 4. The Balaban J connectivity index is 2.00. The van der Waals surface area contributed by atoms with Gasteiger partial charge in [-0.15, -0.1) is 0 Å². The average Bonchev–Trinajstić information content (AvgIpc) is 2.55. The number of halogens is 1. The fourth-order valence-corrected chi connectivity index (χ4v) is 3.60. The molecule has 0 amide bonds. The molecular formula is C19H21ClN2O2. The van der Waals surface area contributed by atoms with E-state index in [0.29, 0.717) is 11.6 Å². The SMILES string of the molecule is Cc1cccc(C(c2cccc(Cl)c2)N2CCCC(C(=O)O)C2)n1. The number of benzene rings is 1. The van der Waals surface area contributed by atoms with Gasteiger partial charge in [0.15, 0.2) is 0 Å². The van der Waals surface area contributed by atoms with E-state index < -0.39 is 5.97 Å². The molecule has 2 unspecified atom stereocenters. The number of likely N-dealkylation sites (tertiary alicyclic amines) is 1. The summed E-state index contributed by atoms with van der Waals surface area (Å²) in [5.41, 5.74) is 2.93. The summed E-state index contributed by atoms with van der Waals surface area (Å²) in [6.45, 7) is 3.35. The maximum Gasteiger partial charge on any atom is 0.307 e. The van der Waals surface area contributed by atoms with Gasteiger partial charge in [0.1, 0.15) is 0 Å². The minimum absolute atomic E-state index is 0.0780. The first-order valence-electron chi connectivity index (χ1n) is 8.20. The van der Waals surface area contributed by atoms with E-state index >= 15 is 0 Å². The van der Waals surface area contributed by atoms with Crippen molar-refractivity contribution < 1.29 is 9.90 Å². The van der Waals surface area contributed by atoms with Gasteiger partial charge < -0.3 is 5.11 Å². The molecule has 0 radical (unpaired) electrons. The standard InChI is InChI=1S/C19H21ClN2O2/c1-13-5-2-9-17(21-13)18(14-6-3-8-16(20)11-14)22-10-4-7-15(12-22)19(23)24/h2-3,5-6,8-9,11,15,18H,4,7,10,12H2,1H3,(H,23,24). The Bertz CT molecular complexity index is 689. The third-order valence-corrected chi connectivity index (χ3v) is 4.76. The molecule has 24 heavy (non-hydrogen) atoms. The Kier molecular flexibility index (Phi) is 5.17. The Labute approximate surface area is 147 Å². The summed E-state index contributed by atoms with van der Waals surface area (Å²) in [7, 11) is 0. The molecule has 1 saturated heterocycles. The second kappa shape index (κ2) is 7.32. The zero-order valence-electron chi connectivity index (χ0n) is 13.7. The molecule has 0 spiro atoms. The van der Waals surface area contributed by atoms with Crippen molar-refractivity contribution in [1.82, 2.24) is 9.88 Å². The first-order valence-corrected chi connectivity index (χ1v) is 8.58. The van der Waals surface area contributed by atoms with Crippen LogP contribution in [0.15, 0.2) is 42.5 Å². The number of hydrogen-bond acceptors (Lipinski definition) is 3. The number of aromatic nitrogens is 1. The van der Waals surface area contributed by atoms with Crippen LogP contribution in [-0.2, 0) is 4.79 Å². The second-order valence-electron chi connectivity index (χ2n) is 6.33. The number of piperidine rings is 1. The molecule has 1 fully saturated rings. The topological polar surface area (TPSA) is 53.4 Å². The van der Waals surface area contributed by atoms with Gasteiger partial charge >= 0.3 is 5.97 Å². The number of pyridine rings is 1. The zero-order chi connectivity index (χ0) is 17.1. The maximum absolute atomic E-state index is 11.4. The van der Waals surface area contributed by atoms with E-state index in [1.807, 2.05) is 49.4 Å². The molecule has 1 aromatic carbocycles. The normalized spacial score (nSPS) is 19.8. The molecule has 5 heteroatoms. The molecule has 1 N–H and O–H groups in total. The minimum Gasteiger partial charge on any atom is -0.481 e. The van der Waals surface area contributed by atoms with Gasteiger partial charge in [-0.2, -0.15) is 0 Å². The first-order chi connectivity index (χ1) is 11.5. The van der Waals surface area contributed by atoms with E-state index in [1.54, 1.807) is 0 Å². The van der Waals surface area contributed by atoms with Crippen LogP contribution in [0.2, 0.25) is 5.02 Å². The molecule has 1 aliphatic heterocycles. The number of carbonyl (C=O) groups is 1. The molecule has 1 aliphatic rings. The summed E-state index contributed by atoms with van der Waals surface area (Å²) >= 11 is 6.19. The molecule has 3 rings (SSSR count). The largest absolute Gasteiger partial charge is 0.481 e. The highest BCUT2D eigenvalue weighted by atomic mass is 35.5.